The van der Waals surface area contributed by atoms with Crippen LogP contribution in [0.5, 0.6) is 0 Å². The van der Waals surface area contributed by atoms with E-state index in [2.05, 4.69) is 4.98 Å². The van der Waals surface area contributed by atoms with Gasteiger partial charge in [0.25, 0.3) is 0 Å². The Morgan fingerprint density at radius 3 is 2.95 bits per heavy atom. The summed E-state index contributed by atoms with van der Waals surface area (Å²) in [5.41, 5.74) is -1.30. The van der Waals surface area contributed by atoms with Crippen molar-refractivity contribution in [2.75, 3.05) is 19.7 Å². The van der Waals surface area contributed by atoms with E-state index in [1.54, 1.807) is 23.6 Å². The van der Waals surface area contributed by atoms with Gasteiger partial charge < -0.3 is 19.3 Å². The molecule has 1 amide bonds. The number of carboxylic acids is 1. The number of carboxylic acid groups (broad SMARTS) is 1. The van der Waals surface area contributed by atoms with E-state index in [4.69, 9.17) is 9.84 Å². The van der Waals surface area contributed by atoms with E-state index in [0.29, 0.717) is 19.5 Å². The van der Waals surface area contributed by atoms with Gasteiger partial charge in [0, 0.05) is 31.9 Å². The number of aromatic nitrogens is 2. The molecule has 0 radical (unpaired) electrons. The fraction of sp³-hybridized carbons (Fsp3) is 0.583. The lowest BCUT2D eigenvalue weighted by Crippen LogP contribution is -2.56. The van der Waals surface area contributed by atoms with Gasteiger partial charge in [-0.2, -0.15) is 0 Å². The molecule has 0 saturated carbocycles. The average molecular weight is 267 g/mol. The summed E-state index contributed by atoms with van der Waals surface area (Å²) < 4.78 is 7.06. The Morgan fingerprint density at radius 1 is 1.53 bits per heavy atom. The number of hydrogen-bond donors (Lipinski definition) is 1. The van der Waals surface area contributed by atoms with Crippen LogP contribution in [0.1, 0.15) is 13.3 Å². The standard InChI is InChI=1S/C12H17N3O4/c1-12(11(17)18)8-15(6-7-19-12)10(16)2-4-14-5-3-13-9-14/h3,5,9H,2,4,6-8H2,1H3,(H,17,18). The van der Waals surface area contributed by atoms with Crippen LogP contribution in [0.4, 0.5) is 0 Å². The summed E-state index contributed by atoms with van der Waals surface area (Å²) in [6.45, 7) is 2.81. The van der Waals surface area contributed by atoms with Crippen molar-refractivity contribution in [1.82, 2.24) is 14.5 Å². The smallest absolute Gasteiger partial charge is 0.337 e. The van der Waals surface area contributed by atoms with Crippen molar-refractivity contribution >= 4 is 11.9 Å². The highest BCUT2D eigenvalue weighted by atomic mass is 16.5. The molecule has 7 heteroatoms. The molecule has 1 aliphatic rings. The number of carbonyl (C=O) groups is 2. The Balaban J connectivity index is 1.90. The zero-order valence-electron chi connectivity index (χ0n) is 10.8. The summed E-state index contributed by atoms with van der Waals surface area (Å²) in [4.78, 5) is 28.6. The van der Waals surface area contributed by atoms with Crippen molar-refractivity contribution in [2.45, 2.75) is 25.5 Å². The predicted molar refractivity (Wildman–Crippen MR) is 65.4 cm³/mol. The molecule has 2 heterocycles. The highest BCUT2D eigenvalue weighted by molar-refractivity contribution is 5.81. The summed E-state index contributed by atoms with van der Waals surface area (Å²) in [6, 6.07) is 0. The zero-order chi connectivity index (χ0) is 13.9. The van der Waals surface area contributed by atoms with Crippen molar-refractivity contribution in [3.63, 3.8) is 0 Å². The van der Waals surface area contributed by atoms with Crippen molar-refractivity contribution < 1.29 is 19.4 Å². The molecule has 1 atom stereocenters. The van der Waals surface area contributed by atoms with Crippen LogP contribution in [0, 0.1) is 0 Å². The molecule has 1 fully saturated rings. The third kappa shape index (κ3) is 3.11. The topological polar surface area (TPSA) is 84.7 Å². The minimum Gasteiger partial charge on any atom is -0.479 e. The van der Waals surface area contributed by atoms with Gasteiger partial charge in [0.15, 0.2) is 5.60 Å². The third-order valence-electron chi connectivity index (χ3n) is 3.22. The van der Waals surface area contributed by atoms with Gasteiger partial charge in [-0.25, -0.2) is 9.78 Å². The second kappa shape index (κ2) is 5.40. The molecule has 1 aromatic rings. The highest BCUT2D eigenvalue weighted by Crippen LogP contribution is 2.18. The third-order valence-corrected chi connectivity index (χ3v) is 3.22. The Morgan fingerprint density at radius 2 is 2.32 bits per heavy atom. The van der Waals surface area contributed by atoms with Crippen LogP contribution in [-0.4, -0.2) is 56.7 Å². The van der Waals surface area contributed by atoms with E-state index >= 15 is 0 Å². The molecule has 1 saturated heterocycles. The summed E-state index contributed by atoms with van der Waals surface area (Å²) in [6.07, 6.45) is 5.41. The SMILES string of the molecule is CC1(C(=O)O)CN(C(=O)CCn2ccnc2)CCO1. The quantitative estimate of drug-likeness (QED) is 0.828. The normalized spacial score (nSPS) is 23.3. The lowest BCUT2D eigenvalue weighted by Gasteiger charge is -2.37. The first-order chi connectivity index (χ1) is 9.01. The Kier molecular flexibility index (Phi) is 3.84. The number of nitrogens with zero attached hydrogens (tertiary/aromatic N) is 3. The van der Waals surface area contributed by atoms with Crippen molar-refractivity contribution in [3.8, 4) is 0 Å². The van der Waals surface area contributed by atoms with E-state index in [9.17, 15) is 9.59 Å². The molecule has 1 N–H and O–H groups in total. The summed E-state index contributed by atoms with van der Waals surface area (Å²) >= 11 is 0. The molecule has 0 aliphatic carbocycles. The largest absolute Gasteiger partial charge is 0.479 e. The molecule has 19 heavy (non-hydrogen) atoms. The van der Waals surface area contributed by atoms with Gasteiger partial charge in [-0.1, -0.05) is 0 Å². The number of morpholine rings is 1. The molecule has 0 bridgehead atoms. The maximum Gasteiger partial charge on any atom is 0.337 e. The maximum atomic E-state index is 12.0. The molecular weight excluding hydrogens is 250 g/mol. The van der Waals surface area contributed by atoms with Crippen molar-refractivity contribution in [3.05, 3.63) is 18.7 Å². The minimum atomic E-state index is -1.30. The summed E-state index contributed by atoms with van der Waals surface area (Å²) in [7, 11) is 0. The van der Waals surface area contributed by atoms with Crippen LogP contribution in [0.25, 0.3) is 0 Å². The van der Waals surface area contributed by atoms with Gasteiger partial charge in [-0.05, 0) is 6.92 Å². The Hall–Kier alpha value is -1.89. The number of carbonyl (C=O) groups excluding carboxylic acids is 1. The number of hydrogen-bond acceptors (Lipinski definition) is 4. The minimum absolute atomic E-state index is 0.0653. The predicted octanol–water partition coefficient (Wildman–Crippen LogP) is -0.0247. The number of amides is 1. The van der Waals surface area contributed by atoms with E-state index in [1.165, 1.54) is 6.92 Å². The van der Waals surface area contributed by atoms with E-state index in [0.717, 1.165) is 0 Å². The average Bonchev–Trinajstić information content (AvgIpc) is 2.89. The number of imidazole rings is 1. The molecular formula is C12H17N3O4. The Labute approximate surface area is 110 Å². The molecule has 0 spiro atoms. The van der Waals surface area contributed by atoms with Crippen LogP contribution >= 0.6 is 0 Å². The molecule has 104 valence electrons. The van der Waals surface area contributed by atoms with Crippen molar-refractivity contribution in [2.24, 2.45) is 0 Å². The van der Waals surface area contributed by atoms with E-state index in [1.807, 2.05) is 4.57 Å². The zero-order valence-corrected chi connectivity index (χ0v) is 10.8. The first-order valence-electron chi connectivity index (χ1n) is 6.12. The van der Waals surface area contributed by atoms with Crippen LogP contribution in [-0.2, 0) is 20.9 Å². The monoisotopic (exact) mass is 267 g/mol. The fourth-order valence-electron chi connectivity index (χ4n) is 2.01. The number of aryl methyl sites for hydroxylation is 1. The summed E-state index contributed by atoms with van der Waals surface area (Å²) in [5, 5.41) is 9.10. The van der Waals surface area contributed by atoms with Gasteiger partial charge in [0.2, 0.25) is 5.91 Å². The van der Waals surface area contributed by atoms with E-state index in [-0.39, 0.29) is 19.1 Å². The lowest BCUT2D eigenvalue weighted by atomic mass is 10.0. The number of aliphatic carboxylic acids is 1. The molecule has 1 aliphatic heterocycles. The van der Waals surface area contributed by atoms with Crippen LogP contribution in [0.2, 0.25) is 0 Å². The summed E-state index contributed by atoms with van der Waals surface area (Å²) in [5.74, 6) is -1.11. The van der Waals surface area contributed by atoms with Crippen LogP contribution in [0.15, 0.2) is 18.7 Å². The van der Waals surface area contributed by atoms with Crippen LogP contribution < -0.4 is 0 Å². The second-order valence-corrected chi connectivity index (χ2v) is 4.75. The lowest BCUT2D eigenvalue weighted by molar-refractivity contribution is -0.177. The van der Waals surface area contributed by atoms with Gasteiger partial charge in [0.1, 0.15) is 0 Å². The van der Waals surface area contributed by atoms with Gasteiger partial charge in [-0.3, -0.25) is 4.79 Å². The van der Waals surface area contributed by atoms with Gasteiger partial charge >= 0.3 is 5.97 Å². The molecule has 2 rings (SSSR count). The van der Waals surface area contributed by atoms with Gasteiger partial charge in [0.05, 0.1) is 19.5 Å². The first kappa shape index (κ1) is 13.5. The highest BCUT2D eigenvalue weighted by Gasteiger charge is 2.40. The molecule has 1 aromatic heterocycles. The number of ether oxygens (including phenoxy) is 1. The van der Waals surface area contributed by atoms with E-state index < -0.39 is 11.6 Å². The number of rotatable bonds is 4. The van der Waals surface area contributed by atoms with Crippen molar-refractivity contribution in [1.29, 1.82) is 0 Å². The van der Waals surface area contributed by atoms with Crippen LogP contribution in [0.3, 0.4) is 0 Å². The molecule has 0 aromatic carbocycles. The fourth-order valence-corrected chi connectivity index (χ4v) is 2.01. The maximum absolute atomic E-state index is 12.0. The van der Waals surface area contributed by atoms with Gasteiger partial charge in [-0.15, -0.1) is 0 Å². The second-order valence-electron chi connectivity index (χ2n) is 4.75. The first-order valence-corrected chi connectivity index (χ1v) is 6.12. The molecule has 1 unspecified atom stereocenters. The molecule has 7 nitrogen and oxygen atoms in total. The Bertz CT molecular complexity index is 460.